The number of amides is 1. The van der Waals surface area contributed by atoms with Crippen LogP contribution in [0.15, 0.2) is 83.8 Å². The maximum atomic E-state index is 13.6. The lowest BCUT2D eigenvalue weighted by atomic mass is 10.1. The first-order valence-electron chi connectivity index (χ1n) is 13.9. The predicted molar refractivity (Wildman–Crippen MR) is 165 cm³/mol. The number of nitrogens with zero attached hydrogens (tertiary/aromatic N) is 1. The summed E-state index contributed by atoms with van der Waals surface area (Å²) in [5.41, 5.74) is 4.13. The highest BCUT2D eigenvalue weighted by Crippen LogP contribution is 2.33. The molecule has 4 rings (SSSR count). The summed E-state index contributed by atoms with van der Waals surface area (Å²) in [5.74, 6) is -0.414. The second kappa shape index (κ2) is 14.5. The number of hydrogen-bond donors (Lipinski definition) is 2. The van der Waals surface area contributed by atoms with Crippen molar-refractivity contribution in [3.8, 4) is 11.5 Å². The van der Waals surface area contributed by atoms with Crippen LogP contribution in [0.5, 0.6) is 11.5 Å². The molecule has 4 aromatic rings. The number of carboxylic acids is 1. The highest BCUT2D eigenvalue weighted by Gasteiger charge is 2.18. The first kappa shape index (κ1) is 31.3. The van der Waals surface area contributed by atoms with E-state index in [-0.39, 0.29) is 37.4 Å². The van der Waals surface area contributed by atoms with Crippen molar-refractivity contribution >= 4 is 31.0 Å². The summed E-state index contributed by atoms with van der Waals surface area (Å²) < 4.78 is 18.8. The third-order valence-corrected chi connectivity index (χ3v) is 8.17. The van der Waals surface area contributed by atoms with Gasteiger partial charge in [-0.2, -0.15) is 5.48 Å². The van der Waals surface area contributed by atoms with E-state index in [0.717, 1.165) is 17.2 Å². The number of carbonyl (C=O) groups excluding carboxylic acids is 1. The van der Waals surface area contributed by atoms with Crippen molar-refractivity contribution in [3.63, 3.8) is 0 Å². The van der Waals surface area contributed by atoms with Crippen LogP contribution in [-0.2, 0) is 40.7 Å². The first-order valence-corrected chi connectivity index (χ1v) is 17.6. The monoisotopic (exact) mass is 604 g/mol. The minimum atomic E-state index is -1.38. The Bertz CT molecular complexity index is 1600. The van der Waals surface area contributed by atoms with E-state index < -0.39 is 32.1 Å². The van der Waals surface area contributed by atoms with Gasteiger partial charge in [-0.3, -0.25) is 14.4 Å². The van der Waals surface area contributed by atoms with Gasteiger partial charge < -0.3 is 23.9 Å². The number of benzene rings is 3. The van der Waals surface area contributed by atoms with Crippen LogP contribution >= 0.6 is 0 Å². The summed E-state index contributed by atoms with van der Waals surface area (Å²) >= 11 is 0. The van der Waals surface area contributed by atoms with Crippen molar-refractivity contribution < 1.29 is 33.7 Å². The van der Waals surface area contributed by atoms with Crippen molar-refractivity contribution in [1.29, 1.82) is 0 Å². The molecule has 3 aromatic carbocycles. The molecular weight excluding hydrogens is 568 g/mol. The van der Waals surface area contributed by atoms with E-state index in [2.05, 4.69) is 25.1 Å². The molecule has 0 saturated heterocycles. The van der Waals surface area contributed by atoms with E-state index in [4.69, 9.17) is 19.0 Å². The van der Waals surface area contributed by atoms with Crippen LogP contribution in [0, 0.1) is 0 Å². The largest absolute Gasteiger partial charge is 0.485 e. The first-order chi connectivity index (χ1) is 20.6. The number of nitrogens with one attached hydrogen (secondary N) is 1. The summed E-state index contributed by atoms with van der Waals surface area (Å²) in [6.45, 7) is 6.52. The lowest BCUT2D eigenvalue weighted by Crippen LogP contribution is -2.29. The van der Waals surface area contributed by atoms with Gasteiger partial charge in [-0.15, -0.1) is 0 Å². The van der Waals surface area contributed by atoms with Gasteiger partial charge in [0.2, 0.25) is 0 Å². The zero-order valence-corrected chi connectivity index (χ0v) is 25.5. The fourth-order valence-electron chi connectivity index (χ4n) is 4.19. The molecule has 1 aromatic heterocycles. The average Bonchev–Trinajstić information content (AvgIpc) is 2.97. The van der Waals surface area contributed by atoms with Crippen molar-refractivity contribution in [1.82, 2.24) is 10.0 Å². The molecule has 0 radical (unpaired) electrons. The molecule has 10 nitrogen and oxygen atoms in total. The molecule has 0 fully saturated rings. The normalized spacial score (nSPS) is 11.2. The standard InChI is InChI=1S/C32H36N2O8Si/c1-43(2,3)15-14-39-32(38)33-42-22-25-18-34(19-30(35)36)27-17-29(41-21-24-12-8-5-9-13-24)28(16-26(27)31(25)37)40-20-23-10-6-4-7-11-23/h4-13,16-18H,14-15,19-22H2,1-3H3,(H,33,38)(H,35,36). The number of hydrogen-bond acceptors (Lipinski definition) is 7. The van der Waals surface area contributed by atoms with Gasteiger partial charge in [0.25, 0.3) is 0 Å². The Morgan fingerprint density at radius 3 is 2.00 bits per heavy atom. The van der Waals surface area contributed by atoms with Crippen LogP contribution in [0.1, 0.15) is 16.7 Å². The zero-order valence-electron chi connectivity index (χ0n) is 24.5. The highest BCUT2D eigenvalue weighted by molar-refractivity contribution is 6.76. The van der Waals surface area contributed by atoms with Crippen LogP contribution in [0.3, 0.4) is 0 Å². The molecule has 2 N–H and O–H groups in total. The van der Waals surface area contributed by atoms with Gasteiger partial charge in [-0.25, -0.2) is 4.79 Å². The Morgan fingerprint density at radius 2 is 1.44 bits per heavy atom. The number of carbonyl (C=O) groups is 2. The molecule has 0 aliphatic carbocycles. The third kappa shape index (κ3) is 9.45. The van der Waals surface area contributed by atoms with Gasteiger partial charge in [-0.05, 0) is 23.2 Å². The summed E-state index contributed by atoms with van der Waals surface area (Å²) in [7, 11) is -1.38. The molecular formula is C32H36N2O8Si. The Morgan fingerprint density at radius 1 is 0.860 bits per heavy atom. The molecule has 0 spiro atoms. The van der Waals surface area contributed by atoms with E-state index in [1.54, 1.807) is 12.1 Å². The topological polar surface area (TPSA) is 125 Å². The minimum absolute atomic E-state index is 0.142. The molecule has 0 saturated carbocycles. The summed E-state index contributed by atoms with van der Waals surface area (Å²) in [6.07, 6.45) is 0.643. The molecule has 43 heavy (non-hydrogen) atoms. The van der Waals surface area contributed by atoms with Crippen LogP contribution in [0.2, 0.25) is 25.7 Å². The van der Waals surface area contributed by atoms with Gasteiger partial charge in [-0.1, -0.05) is 80.3 Å². The van der Waals surface area contributed by atoms with Gasteiger partial charge in [0.1, 0.15) is 26.4 Å². The number of pyridine rings is 1. The Balaban J connectivity index is 1.62. The van der Waals surface area contributed by atoms with E-state index >= 15 is 0 Å². The molecule has 11 heteroatoms. The Labute approximate surface area is 250 Å². The number of hydroxylamine groups is 1. The maximum absolute atomic E-state index is 13.6. The molecule has 0 atom stereocenters. The lowest BCUT2D eigenvalue weighted by molar-refractivity contribution is -0.137. The quantitative estimate of drug-likeness (QED) is 0.138. The maximum Gasteiger partial charge on any atom is 0.431 e. The van der Waals surface area contributed by atoms with Crippen LogP contribution in [0.25, 0.3) is 10.9 Å². The number of ether oxygens (including phenoxy) is 3. The van der Waals surface area contributed by atoms with E-state index in [9.17, 15) is 19.5 Å². The highest BCUT2D eigenvalue weighted by atomic mass is 28.3. The van der Waals surface area contributed by atoms with Crippen molar-refractivity contribution in [2.24, 2.45) is 0 Å². The average molecular weight is 605 g/mol. The third-order valence-electron chi connectivity index (χ3n) is 6.47. The fourth-order valence-corrected chi connectivity index (χ4v) is 4.90. The lowest BCUT2D eigenvalue weighted by Gasteiger charge is -2.17. The van der Waals surface area contributed by atoms with Gasteiger partial charge >= 0.3 is 12.1 Å². The molecule has 226 valence electrons. The van der Waals surface area contributed by atoms with E-state index in [0.29, 0.717) is 17.0 Å². The summed E-state index contributed by atoms with van der Waals surface area (Å²) in [5, 5.41) is 9.82. The van der Waals surface area contributed by atoms with Crippen molar-refractivity contribution in [2.75, 3.05) is 6.61 Å². The number of carboxylic acid groups (broad SMARTS) is 1. The molecule has 0 aliphatic heterocycles. The van der Waals surface area contributed by atoms with Crippen LogP contribution < -0.4 is 20.4 Å². The Hall–Kier alpha value is -4.61. The predicted octanol–water partition coefficient (Wildman–Crippen LogP) is 5.74. The van der Waals surface area contributed by atoms with Crippen LogP contribution in [-0.4, -0.2) is 36.4 Å². The molecule has 0 aliphatic rings. The van der Waals surface area contributed by atoms with E-state index in [1.165, 1.54) is 10.8 Å². The number of aliphatic carboxylic acids is 1. The van der Waals surface area contributed by atoms with E-state index in [1.807, 2.05) is 60.7 Å². The van der Waals surface area contributed by atoms with Crippen molar-refractivity contribution in [2.45, 2.75) is 52.1 Å². The molecule has 1 heterocycles. The van der Waals surface area contributed by atoms with Gasteiger partial charge in [0.05, 0.1) is 12.1 Å². The van der Waals surface area contributed by atoms with Crippen LogP contribution in [0.4, 0.5) is 4.79 Å². The molecule has 1 amide bonds. The SMILES string of the molecule is C[Si](C)(C)CCOC(=O)NOCc1cn(CC(=O)O)c2cc(OCc3ccccc3)c(OCc3ccccc3)cc2c1=O. The second-order valence-corrected chi connectivity index (χ2v) is 16.8. The smallest absolute Gasteiger partial charge is 0.431 e. The molecule has 0 unspecified atom stereocenters. The summed E-state index contributed by atoms with van der Waals surface area (Å²) in [6, 6.07) is 23.1. The van der Waals surface area contributed by atoms with Gasteiger partial charge in [0.15, 0.2) is 16.9 Å². The fraction of sp³-hybridized carbons (Fsp3) is 0.281. The number of fused-ring (bicyclic) bond motifs is 1. The molecule has 0 bridgehead atoms. The number of aromatic nitrogens is 1. The zero-order chi connectivity index (χ0) is 30.8. The second-order valence-electron chi connectivity index (χ2n) is 11.2. The van der Waals surface area contributed by atoms with Crippen molar-refractivity contribution in [3.05, 3.63) is 106 Å². The number of rotatable bonds is 14. The summed E-state index contributed by atoms with van der Waals surface area (Å²) in [4.78, 5) is 42.6. The Kier molecular flexibility index (Phi) is 10.6. The minimum Gasteiger partial charge on any atom is -0.485 e. The van der Waals surface area contributed by atoms with Gasteiger partial charge in [0, 0.05) is 31.3 Å².